The number of aromatic nitrogens is 2. The monoisotopic (exact) mass is 314 g/mol. The zero-order chi connectivity index (χ0) is 14.5. The number of benzene rings is 1. The summed E-state index contributed by atoms with van der Waals surface area (Å²) in [6.07, 6.45) is 0.733. The van der Waals surface area contributed by atoms with E-state index in [0.29, 0.717) is 23.4 Å². The molecule has 0 bridgehead atoms. The fourth-order valence-corrected chi connectivity index (χ4v) is 2.54. The van der Waals surface area contributed by atoms with Gasteiger partial charge in [-0.25, -0.2) is 4.98 Å². The van der Waals surface area contributed by atoms with Crippen LogP contribution >= 0.6 is 23.2 Å². The van der Waals surface area contributed by atoms with Gasteiger partial charge in [0.15, 0.2) is 0 Å². The lowest BCUT2D eigenvalue weighted by Gasteiger charge is -2.10. The van der Waals surface area contributed by atoms with Crippen LogP contribution in [0.3, 0.4) is 0 Å². The quantitative estimate of drug-likeness (QED) is 0.567. The van der Waals surface area contributed by atoms with Crippen molar-refractivity contribution in [2.75, 3.05) is 19.1 Å². The van der Waals surface area contributed by atoms with E-state index in [4.69, 9.17) is 27.9 Å². The molecular weight excluding hydrogens is 295 g/mol. The molecule has 2 rings (SSSR count). The Labute approximate surface area is 129 Å². The van der Waals surface area contributed by atoms with Gasteiger partial charge in [-0.2, -0.15) is 0 Å². The molecule has 0 amide bonds. The van der Waals surface area contributed by atoms with Crippen LogP contribution in [-0.2, 0) is 17.7 Å². The highest BCUT2D eigenvalue weighted by Gasteiger charge is 2.12. The number of hydrogen-bond acceptors (Lipinski definition) is 2. The Morgan fingerprint density at radius 3 is 2.85 bits per heavy atom. The lowest BCUT2D eigenvalue weighted by molar-refractivity contribution is 0.103. The summed E-state index contributed by atoms with van der Waals surface area (Å²) in [5, 5.41) is 0.681. The first-order valence-corrected chi connectivity index (χ1v) is 7.82. The average Bonchev–Trinajstić information content (AvgIpc) is 2.75. The molecule has 5 heteroatoms. The second kappa shape index (κ2) is 7.30. The highest BCUT2D eigenvalue weighted by atomic mass is 35.5. The van der Waals surface area contributed by atoms with E-state index in [1.807, 2.05) is 18.2 Å². The number of hydrogen-bond donors (Lipinski definition) is 0. The highest BCUT2D eigenvalue weighted by Crippen LogP contribution is 2.24. The number of halogens is 2. The van der Waals surface area contributed by atoms with Gasteiger partial charge in [-0.3, -0.25) is 0 Å². The minimum atomic E-state index is 0.547. The Hall–Kier alpha value is -0.770. The van der Waals surface area contributed by atoms with Crippen molar-refractivity contribution < 1.29 is 4.74 Å². The maximum absolute atomic E-state index is 6.21. The Morgan fingerprint density at radius 1 is 1.35 bits per heavy atom. The molecular formula is C15H20Cl2N2O. The third kappa shape index (κ3) is 3.66. The number of alkyl halides is 1. The molecule has 0 aliphatic heterocycles. The molecule has 0 aliphatic carbocycles. The van der Waals surface area contributed by atoms with Crippen molar-refractivity contribution >= 4 is 34.2 Å². The van der Waals surface area contributed by atoms with Crippen LogP contribution in [0.5, 0.6) is 0 Å². The molecule has 1 heterocycles. The fraction of sp³-hybridized carbons (Fsp3) is 0.533. The fourth-order valence-electron chi connectivity index (χ4n) is 2.16. The first-order chi connectivity index (χ1) is 9.63. The summed E-state index contributed by atoms with van der Waals surface area (Å²) in [6, 6.07) is 5.84. The number of imidazole rings is 1. The third-order valence-electron chi connectivity index (χ3n) is 3.04. The molecule has 0 radical (unpaired) electrons. The van der Waals surface area contributed by atoms with Crippen LogP contribution in [0.25, 0.3) is 11.0 Å². The first kappa shape index (κ1) is 15.6. The van der Waals surface area contributed by atoms with Gasteiger partial charge in [-0.1, -0.05) is 31.5 Å². The highest BCUT2D eigenvalue weighted by molar-refractivity contribution is 6.34. The van der Waals surface area contributed by atoms with Gasteiger partial charge in [0.1, 0.15) is 11.3 Å². The van der Waals surface area contributed by atoms with Crippen LogP contribution in [-0.4, -0.2) is 28.6 Å². The van der Waals surface area contributed by atoms with Crippen LogP contribution in [0.4, 0.5) is 0 Å². The standard InChI is InChI=1S/C15H20Cl2N2O/c1-11(2)10-20-9-8-19-13-5-3-4-12(17)15(13)18-14(19)6-7-16/h3-5,11H,6-10H2,1-2H3. The summed E-state index contributed by atoms with van der Waals surface area (Å²) < 4.78 is 7.82. The van der Waals surface area contributed by atoms with Crippen molar-refractivity contribution in [2.45, 2.75) is 26.8 Å². The Morgan fingerprint density at radius 2 is 2.15 bits per heavy atom. The molecule has 1 aromatic heterocycles. The molecule has 2 aromatic rings. The van der Waals surface area contributed by atoms with Crippen molar-refractivity contribution in [1.82, 2.24) is 9.55 Å². The minimum Gasteiger partial charge on any atom is -0.379 e. The summed E-state index contributed by atoms with van der Waals surface area (Å²) in [4.78, 5) is 4.61. The molecule has 0 aliphatic rings. The Balaban J connectivity index is 2.20. The van der Waals surface area contributed by atoms with Gasteiger partial charge in [0.2, 0.25) is 0 Å². The third-order valence-corrected chi connectivity index (χ3v) is 3.53. The van der Waals surface area contributed by atoms with E-state index in [2.05, 4.69) is 23.4 Å². The Kier molecular flexibility index (Phi) is 5.70. The van der Waals surface area contributed by atoms with Crippen LogP contribution in [0.2, 0.25) is 5.02 Å². The van der Waals surface area contributed by atoms with E-state index in [1.165, 1.54) is 0 Å². The summed E-state index contributed by atoms with van der Waals surface area (Å²) in [7, 11) is 0. The number of rotatable bonds is 7. The van der Waals surface area contributed by atoms with Gasteiger partial charge < -0.3 is 9.30 Å². The van der Waals surface area contributed by atoms with E-state index < -0.39 is 0 Å². The lowest BCUT2D eigenvalue weighted by Crippen LogP contribution is -2.12. The van der Waals surface area contributed by atoms with Crippen molar-refractivity contribution in [3.8, 4) is 0 Å². The summed E-state index contributed by atoms with van der Waals surface area (Å²) in [5.41, 5.74) is 1.89. The smallest absolute Gasteiger partial charge is 0.111 e. The Bertz CT molecular complexity index is 566. The van der Waals surface area contributed by atoms with Crippen LogP contribution in [0, 0.1) is 5.92 Å². The van der Waals surface area contributed by atoms with E-state index in [9.17, 15) is 0 Å². The maximum Gasteiger partial charge on any atom is 0.111 e. The normalized spacial score (nSPS) is 11.7. The molecule has 0 saturated heterocycles. The molecule has 0 atom stereocenters. The van der Waals surface area contributed by atoms with Gasteiger partial charge in [-0.15, -0.1) is 11.6 Å². The van der Waals surface area contributed by atoms with E-state index >= 15 is 0 Å². The van der Waals surface area contributed by atoms with E-state index in [1.54, 1.807) is 0 Å². The number of para-hydroxylation sites is 1. The van der Waals surface area contributed by atoms with Gasteiger partial charge in [-0.05, 0) is 18.1 Å². The summed E-state index contributed by atoms with van der Waals surface area (Å²) in [6.45, 7) is 6.51. The average molecular weight is 315 g/mol. The van der Waals surface area contributed by atoms with Gasteiger partial charge in [0.05, 0.1) is 17.1 Å². The SMILES string of the molecule is CC(C)COCCn1c(CCCl)nc2c(Cl)cccc21. The molecule has 0 fully saturated rings. The zero-order valence-electron chi connectivity index (χ0n) is 11.9. The second-order valence-corrected chi connectivity index (χ2v) is 5.98. The van der Waals surface area contributed by atoms with Crippen LogP contribution in [0.1, 0.15) is 19.7 Å². The lowest BCUT2D eigenvalue weighted by atomic mass is 10.2. The van der Waals surface area contributed by atoms with Crippen molar-refractivity contribution in [2.24, 2.45) is 5.92 Å². The molecule has 1 aromatic carbocycles. The van der Waals surface area contributed by atoms with Crippen LogP contribution < -0.4 is 0 Å². The predicted molar refractivity (Wildman–Crippen MR) is 84.8 cm³/mol. The zero-order valence-corrected chi connectivity index (χ0v) is 13.4. The molecule has 20 heavy (non-hydrogen) atoms. The topological polar surface area (TPSA) is 27.1 Å². The van der Waals surface area contributed by atoms with Crippen molar-refractivity contribution in [1.29, 1.82) is 0 Å². The molecule has 110 valence electrons. The van der Waals surface area contributed by atoms with Crippen molar-refractivity contribution in [3.05, 3.63) is 29.0 Å². The van der Waals surface area contributed by atoms with Gasteiger partial charge in [0.25, 0.3) is 0 Å². The number of ether oxygens (including phenoxy) is 1. The predicted octanol–water partition coefficient (Wildman–Crippen LogP) is 4.14. The number of nitrogens with zero attached hydrogens (tertiary/aromatic N) is 2. The van der Waals surface area contributed by atoms with Gasteiger partial charge >= 0.3 is 0 Å². The second-order valence-electron chi connectivity index (χ2n) is 5.19. The number of fused-ring (bicyclic) bond motifs is 1. The summed E-state index contributed by atoms with van der Waals surface area (Å²) in [5.74, 6) is 2.07. The van der Waals surface area contributed by atoms with Crippen molar-refractivity contribution in [3.63, 3.8) is 0 Å². The van der Waals surface area contributed by atoms with E-state index in [-0.39, 0.29) is 0 Å². The largest absolute Gasteiger partial charge is 0.379 e. The molecule has 3 nitrogen and oxygen atoms in total. The van der Waals surface area contributed by atoms with Gasteiger partial charge in [0, 0.05) is 25.5 Å². The minimum absolute atomic E-state index is 0.547. The molecule has 0 saturated carbocycles. The molecule has 0 N–H and O–H groups in total. The molecule has 0 unspecified atom stereocenters. The van der Waals surface area contributed by atoms with Crippen LogP contribution in [0.15, 0.2) is 18.2 Å². The molecule has 0 spiro atoms. The maximum atomic E-state index is 6.21. The first-order valence-electron chi connectivity index (χ1n) is 6.90. The van der Waals surface area contributed by atoms with E-state index in [0.717, 1.165) is 36.4 Å². The summed E-state index contributed by atoms with van der Waals surface area (Å²) >= 11 is 12.1. The number of aryl methyl sites for hydroxylation is 1.